The maximum Gasteiger partial charge on any atom is 0.236 e. The maximum absolute atomic E-state index is 14.6. The van der Waals surface area contributed by atoms with Crippen molar-refractivity contribution in [3.8, 4) is 29.0 Å². The second kappa shape index (κ2) is 9.66. The molecule has 2 amide bonds. The van der Waals surface area contributed by atoms with Gasteiger partial charge in [-0.25, -0.2) is 9.37 Å². The van der Waals surface area contributed by atoms with Crippen molar-refractivity contribution in [3.05, 3.63) is 42.1 Å². The summed E-state index contributed by atoms with van der Waals surface area (Å²) < 4.78 is 20.5. The first-order valence-corrected chi connectivity index (χ1v) is 10.8. The number of hydrogen-bond acceptors (Lipinski definition) is 6. The number of carbonyl (C=O) groups excluding carboxylic acids is 2. The van der Waals surface area contributed by atoms with E-state index in [0.29, 0.717) is 5.82 Å². The highest BCUT2D eigenvalue weighted by Gasteiger charge is 2.33. The van der Waals surface area contributed by atoms with Gasteiger partial charge in [-0.2, -0.15) is 10.5 Å². The Hall–Kier alpha value is -3.98. The van der Waals surface area contributed by atoms with E-state index in [9.17, 15) is 19.2 Å². The van der Waals surface area contributed by atoms with Gasteiger partial charge in [0.2, 0.25) is 11.8 Å². The molecule has 0 radical (unpaired) electrons. The normalized spacial score (nSPS) is 19.8. The molecule has 8 nitrogen and oxygen atoms in total. The number of carbonyl (C=O) groups is 2. The zero-order valence-corrected chi connectivity index (χ0v) is 17.8. The number of rotatable bonds is 6. The quantitative estimate of drug-likeness (QED) is 0.726. The van der Waals surface area contributed by atoms with Gasteiger partial charge in [-0.05, 0) is 48.2 Å². The first kappa shape index (κ1) is 22.2. The molecule has 2 heterocycles. The van der Waals surface area contributed by atoms with Crippen LogP contribution in [0.25, 0.3) is 11.1 Å². The van der Waals surface area contributed by atoms with Gasteiger partial charge < -0.3 is 15.0 Å². The van der Waals surface area contributed by atoms with E-state index >= 15 is 0 Å². The number of hydrogen-bond donors (Lipinski definition) is 1. The summed E-state index contributed by atoms with van der Waals surface area (Å²) in [6, 6.07) is 12.4. The molecule has 1 N–H and O–H groups in total. The summed E-state index contributed by atoms with van der Waals surface area (Å²) in [4.78, 5) is 29.3. The SMILES string of the molecule is N#CCC(=O)N1CC[C@H](Oc2ccc(-c3ccnc(NC(=O)C4CC4)c3)cc2C#N)[C@H](F)C1. The number of nitrogens with zero attached hydrogens (tertiary/aromatic N) is 4. The van der Waals surface area contributed by atoms with Crippen LogP contribution in [0.3, 0.4) is 0 Å². The highest BCUT2D eigenvalue weighted by Crippen LogP contribution is 2.32. The van der Waals surface area contributed by atoms with E-state index in [0.717, 1.165) is 24.0 Å². The molecule has 1 saturated heterocycles. The summed E-state index contributed by atoms with van der Waals surface area (Å²) in [7, 11) is 0. The van der Waals surface area contributed by atoms with Gasteiger partial charge in [-0.1, -0.05) is 6.07 Å². The van der Waals surface area contributed by atoms with Crippen LogP contribution in [0, 0.1) is 28.6 Å². The van der Waals surface area contributed by atoms with Crippen LogP contribution in [-0.4, -0.2) is 47.1 Å². The van der Waals surface area contributed by atoms with Crippen molar-refractivity contribution >= 4 is 17.6 Å². The molecule has 1 aliphatic carbocycles. The fourth-order valence-corrected chi connectivity index (χ4v) is 3.74. The number of likely N-dealkylation sites (tertiary alicyclic amines) is 1. The fraction of sp³-hybridized carbons (Fsp3) is 0.375. The van der Waals surface area contributed by atoms with Gasteiger partial charge in [0.15, 0.2) is 6.17 Å². The Morgan fingerprint density at radius 1 is 1.18 bits per heavy atom. The summed E-state index contributed by atoms with van der Waals surface area (Å²) in [5, 5.41) is 21.1. The Kier molecular flexibility index (Phi) is 6.50. The lowest BCUT2D eigenvalue weighted by Crippen LogP contribution is -2.49. The lowest BCUT2D eigenvalue weighted by molar-refractivity contribution is -0.134. The zero-order chi connectivity index (χ0) is 23.4. The molecule has 1 aliphatic heterocycles. The lowest BCUT2D eigenvalue weighted by Gasteiger charge is -2.34. The molecule has 0 spiro atoms. The molecule has 0 bridgehead atoms. The highest BCUT2D eigenvalue weighted by molar-refractivity contribution is 5.93. The molecule has 168 valence electrons. The summed E-state index contributed by atoms with van der Waals surface area (Å²) >= 11 is 0. The monoisotopic (exact) mass is 447 g/mol. The first-order valence-electron chi connectivity index (χ1n) is 10.8. The molecule has 9 heteroatoms. The van der Waals surface area contributed by atoms with Crippen molar-refractivity contribution in [1.29, 1.82) is 10.5 Å². The molecule has 1 saturated carbocycles. The standard InChI is InChI=1S/C24H22FN5O3/c25-19-14-30(23(31)5-8-26)10-7-21(19)33-20-4-3-16(11-18(20)13-27)17-6-9-28-22(12-17)29-24(32)15-1-2-15/h3-4,6,9,11-12,15,19,21H,1-2,5,7,10,14H2,(H,28,29,32)/t19-,21+/m1/s1. The Morgan fingerprint density at radius 2 is 1.97 bits per heavy atom. The van der Waals surface area contributed by atoms with Crippen molar-refractivity contribution < 1.29 is 18.7 Å². The van der Waals surface area contributed by atoms with Crippen LogP contribution in [0.2, 0.25) is 0 Å². The van der Waals surface area contributed by atoms with Crippen LogP contribution in [0.1, 0.15) is 31.2 Å². The van der Waals surface area contributed by atoms with Crippen LogP contribution in [0.4, 0.5) is 10.2 Å². The Labute approximate surface area is 190 Å². The van der Waals surface area contributed by atoms with Crippen molar-refractivity contribution in [2.75, 3.05) is 18.4 Å². The number of halogens is 1. The van der Waals surface area contributed by atoms with Gasteiger partial charge in [-0.3, -0.25) is 9.59 Å². The van der Waals surface area contributed by atoms with Crippen LogP contribution in [0.15, 0.2) is 36.5 Å². The van der Waals surface area contributed by atoms with Gasteiger partial charge in [0.1, 0.15) is 30.2 Å². The van der Waals surface area contributed by atoms with E-state index in [4.69, 9.17) is 10.00 Å². The van der Waals surface area contributed by atoms with Crippen LogP contribution >= 0.6 is 0 Å². The molecule has 2 atom stereocenters. The predicted octanol–water partition coefficient (Wildman–Crippen LogP) is 3.20. The average Bonchev–Trinajstić information content (AvgIpc) is 3.66. The first-order chi connectivity index (χ1) is 16.0. The molecule has 4 rings (SSSR count). The number of nitriles is 2. The van der Waals surface area contributed by atoms with Gasteiger partial charge in [0.25, 0.3) is 0 Å². The summed E-state index contributed by atoms with van der Waals surface area (Å²) in [5.41, 5.74) is 1.76. The molecule has 1 aromatic heterocycles. The number of nitrogens with one attached hydrogen (secondary N) is 1. The van der Waals surface area contributed by atoms with Crippen molar-refractivity contribution in [1.82, 2.24) is 9.88 Å². The Bertz CT molecular complexity index is 1150. The van der Waals surface area contributed by atoms with E-state index in [1.54, 1.807) is 42.6 Å². The number of pyridine rings is 1. The minimum Gasteiger partial charge on any atom is -0.486 e. The maximum atomic E-state index is 14.6. The summed E-state index contributed by atoms with van der Waals surface area (Å²) in [6.45, 7) is 0.148. The average molecular weight is 447 g/mol. The zero-order valence-electron chi connectivity index (χ0n) is 17.8. The van der Waals surface area contributed by atoms with Crippen molar-refractivity contribution in [2.24, 2.45) is 5.92 Å². The van der Waals surface area contributed by atoms with Gasteiger partial charge >= 0.3 is 0 Å². The van der Waals surface area contributed by atoms with E-state index in [-0.39, 0.29) is 49.1 Å². The number of ether oxygens (including phenoxy) is 1. The van der Waals surface area contributed by atoms with Crippen LogP contribution in [-0.2, 0) is 9.59 Å². The second-order valence-corrected chi connectivity index (χ2v) is 8.15. The molecule has 2 fully saturated rings. The number of alkyl halides is 1. The van der Waals surface area contributed by atoms with Crippen molar-refractivity contribution in [2.45, 2.75) is 38.0 Å². The largest absolute Gasteiger partial charge is 0.486 e. The minimum atomic E-state index is -1.43. The van der Waals surface area contributed by atoms with E-state index < -0.39 is 18.2 Å². The minimum absolute atomic E-state index is 0.0396. The molecular weight excluding hydrogens is 425 g/mol. The van der Waals surface area contributed by atoms with Crippen LogP contribution < -0.4 is 10.1 Å². The number of aromatic nitrogens is 1. The van der Waals surface area contributed by atoms with E-state index in [1.807, 2.05) is 0 Å². The Morgan fingerprint density at radius 3 is 2.67 bits per heavy atom. The predicted molar refractivity (Wildman–Crippen MR) is 116 cm³/mol. The fourth-order valence-electron chi connectivity index (χ4n) is 3.74. The number of anilines is 1. The van der Waals surface area contributed by atoms with Crippen molar-refractivity contribution in [3.63, 3.8) is 0 Å². The van der Waals surface area contributed by atoms with E-state index in [1.165, 1.54) is 4.90 Å². The number of benzene rings is 1. The second-order valence-electron chi connectivity index (χ2n) is 8.15. The third-order valence-electron chi connectivity index (χ3n) is 5.74. The lowest BCUT2D eigenvalue weighted by atomic mass is 10.0. The smallest absolute Gasteiger partial charge is 0.236 e. The van der Waals surface area contributed by atoms with Gasteiger partial charge in [0.05, 0.1) is 18.2 Å². The number of piperidine rings is 1. The molecule has 1 aromatic carbocycles. The number of amides is 2. The molecule has 33 heavy (non-hydrogen) atoms. The van der Waals surface area contributed by atoms with E-state index in [2.05, 4.69) is 16.4 Å². The molecular formula is C24H22FN5O3. The highest BCUT2D eigenvalue weighted by atomic mass is 19.1. The Balaban J connectivity index is 1.46. The summed E-state index contributed by atoms with van der Waals surface area (Å²) in [6.07, 6.45) is 1.15. The summed E-state index contributed by atoms with van der Waals surface area (Å²) in [5.74, 6) is 0.337. The molecule has 2 aliphatic rings. The van der Waals surface area contributed by atoms with Crippen LogP contribution in [0.5, 0.6) is 5.75 Å². The molecule has 2 aromatic rings. The topological polar surface area (TPSA) is 119 Å². The third kappa shape index (κ3) is 5.27. The third-order valence-corrected chi connectivity index (χ3v) is 5.74. The van der Waals surface area contributed by atoms with Gasteiger partial charge in [-0.15, -0.1) is 0 Å². The van der Waals surface area contributed by atoms with Gasteiger partial charge in [0, 0.05) is 25.1 Å². The molecule has 0 unspecified atom stereocenters.